The van der Waals surface area contributed by atoms with Crippen LogP contribution in [0, 0.1) is 11.7 Å². The molecule has 96 valence electrons. The lowest BCUT2D eigenvalue weighted by Gasteiger charge is -2.31. The van der Waals surface area contributed by atoms with E-state index < -0.39 is 5.54 Å². The first kappa shape index (κ1) is 14.0. The largest absolute Gasteiger partial charge is 0.494 e. The van der Waals surface area contributed by atoms with Crippen LogP contribution in [0.2, 0.25) is 0 Å². The quantitative estimate of drug-likeness (QED) is 0.856. The molecule has 0 aliphatic carbocycles. The smallest absolute Gasteiger partial charge is 0.168 e. The molecule has 3 heteroatoms. The van der Waals surface area contributed by atoms with Crippen molar-refractivity contribution in [1.29, 1.82) is 0 Å². The highest BCUT2D eigenvalue weighted by Gasteiger charge is 2.27. The highest BCUT2D eigenvalue weighted by Crippen LogP contribution is 2.27. The van der Waals surface area contributed by atoms with Gasteiger partial charge in [0, 0.05) is 5.54 Å². The molecule has 0 heterocycles. The van der Waals surface area contributed by atoms with E-state index in [-0.39, 0.29) is 11.6 Å². The van der Waals surface area contributed by atoms with E-state index in [0.29, 0.717) is 17.9 Å². The highest BCUT2D eigenvalue weighted by atomic mass is 19.1. The molecule has 0 saturated carbocycles. The van der Waals surface area contributed by atoms with Gasteiger partial charge in [-0.25, -0.2) is 4.39 Å². The van der Waals surface area contributed by atoms with Crippen LogP contribution in [0.4, 0.5) is 4.39 Å². The number of halogens is 1. The lowest BCUT2D eigenvalue weighted by Crippen LogP contribution is -2.45. The van der Waals surface area contributed by atoms with Crippen LogP contribution < -0.4 is 10.5 Å². The summed E-state index contributed by atoms with van der Waals surface area (Å²) in [6.07, 6.45) is 1.50. The van der Waals surface area contributed by atoms with Crippen LogP contribution in [0.1, 0.15) is 32.8 Å². The molecule has 2 nitrogen and oxygen atoms in total. The first-order valence-electron chi connectivity index (χ1n) is 6.02. The van der Waals surface area contributed by atoms with Crippen LogP contribution in [-0.4, -0.2) is 12.6 Å². The Morgan fingerprint density at radius 3 is 2.65 bits per heavy atom. The Hall–Kier alpha value is -1.09. The first-order valence-corrected chi connectivity index (χ1v) is 6.02. The van der Waals surface area contributed by atoms with E-state index in [1.807, 2.05) is 6.92 Å². The molecule has 2 unspecified atom stereocenters. The topological polar surface area (TPSA) is 35.2 Å². The van der Waals surface area contributed by atoms with Gasteiger partial charge < -0.3 is 10.5 Å². The van der Waals surface area contributed by atoms with Crippen molar-refractivity contribution in [1.82, 2.24) is 0 Å². The van der Waals surface area contributed by atoms with Crippen molar-refractivity contribution in [3.8, 4) is 5.75 Å². The first-order chi connectivity index (χ1) is 7.92. The van der Waals surface area contributed by atoms with E-state index in [4.69, 9.17) is 10.5 Å². The molecule has 1 rings (SSSR count). The van der Waals surface area contributed by atoms with E-state index in [0.717, 1.165) is 6.42 Å². The molecule has 17 heavy (non-hydrogen) atoms. The van der Waals surface area contributed by atoms with Crippen molar-refractivity contribution in [2.24, 2.45) is 11.7 Å². The van der Waals surface area contributed by atoms with E-state index in [2.05, 4.69) is 13.8 Å². The predicted octanol–water partition coefficient (Wildman–Crippen LogP) is 3.14. The molecule has 0 bridgehead atoms. The summed E-state index contributed by atoms with van der Waals surface area (Å²) in [5, 5.41) is 0. The minimum Gasteiger partial charge on any atom is -0.494 e. The summed E-state index contributed by atoms with van der Waals surface area (Å²) in [7, 11) is 1.47. The van der Waals surface area contributed by atoms with Gasteiger partial charge in [0.25, 0.3) is 0 Å². The van der Waals surface area contributed by atoms with Gasteiger partial charge in [0.05, 0.1) is 7.11 Å². The molecule has 0 fully saturated rings. The normalized spacial score (nSPS) is 16.4. The second-order valence-electron chi connectivity index (χ2n) is 4.93. The number of ether oxygens (including phenoxy) is 1. The number of methoxy groups -OCH3 is 1. The van der Waals surface area contributed by atoms with Crippen LogP contribution >= 0.6 is 0 Å². The molecule has 0 radical (unpaired) electrons. The summed E-state index contributed by atoms with van der Waals surface area (Å²) in [6, 6.07) is 5.19. The molecule has 2 atom stereocenters. The zero-order chi connectivity index (χ0) is 13.1. The van der Waals surface area contributed by atoms with Gasteiger partial charge >= 0.3 is 0 Å². The summed E-state index contributed by atoms with van der Waals surface area (Å²) < 4.78 is 19.0. The maximum atomic E-state index is 14.0. The minimum atomic E-state index is -0.401. The molecule has 0 spiro atoms. The summed E-state index contributed by atoms with van der Waals surface area (Å²) in [5.74, 6) is 0.325. The van der Waals surface area contributed by atoms with Gasteiger partial charge in [0.1, 0.15) is 0 Å². The predicted molar refractivity (Wildman–Crippen MR) is 68.7 cm³/mol. The van der Waals surface area contributed by atoms with E-state index in [9.17, 15) is 4.39 Å². The van der Waals surface area contributed by atoms with E-state index in [1.165, 1.54) is 7.11 Å². The second kappa shape index (κ2) is 5.50. The van der Waals surface area contributed by atoms with Crippen molar-refractivity contribution in [2.75, 3.05) is 7.11 Å². The molecule has 1 aromatic carbocycles. The third-order valence-electron chi connectivity index (χ3n) is 3.57. The highest BCUT2D eigenvalue weighted by molar-refractivity contribution is 5.32. The molecular weight excluding hydrogens is 217 g/mol. The van der Waals surface area contributed by atoms with Crippen LogP contribution in [-0.2, 0) is 6.42 Å². The third kappa shape index (κ3) is 3.19. The van der Waals surface area contributed by atoms with Gasteiger partial charge in [-0.05, 0) is 30.9 Å². The average Bonchev–Trinajstić information content (AvgIpc) is 2.30. The average molecular weight is 239 g/mol. The van der Waals surface area contributed by atoms with Crippen LogP contribution in [0.15, 0.2) is 18.2 Å². The fourth-order valence-electron chi connectivity index (χ4n) is 1.90. The summed E-state index contributed by atoms with van der Waals surface area (Å²) in [6.45, 7) is 6.16. The van der Waals surface area contributed by atoms with Gasteiger partial charge in [-0.15, -0.1) is 0 Å². The number of rotatable bonds is 5. The van der Waals surface area contributed by atoms with Gasteiger partial charge in [0.15, 0.2) is 11.6 Å². The fourth-order valence-corrected chi connectivity index (χ4v) is 1.90. The molecule has 0 aromatic heterocycles. The summed E-state index contributed by atoms with van der Waals surface area (Å²) in [5.41, 5.74) is 6.47. The number of hydrogen-bond acceptors (Lipinski definition) is 2. The van der Waals surface area contributed by atoms with Gasteiger partial charge in [-0.1, -0.05) is 32.4 Å². The van der Waals surface area contributed by atoms with E-state index in [1.54, 1.807) is 18.2 Å². The van der Waals surface area contributed by atoms with Gasteiger partial charge in [-0.2, -0.15) is 0 Å². The second-order valence-corrected chi connectivity index (χ2v) is 4.93. The molecular formula is C14H22FNO. The van der Waals surface area contributed by atoms with Crippen molar-refractivity contribution < 1.29 is 9.13 Å². The molecule has 1 aromatic rings. The molecule has 0 saturated heterocycles. The van der Waals surface area contributed by atoms with Crippen LogP contribution in [0.25, 0.3) is 0 Å². The number of nitrogens with two attached hydrogens (primary N) is 1. The Balaban J connectivity index is 2.95. The minimum absolute atomic E-state index is 0.280. The Bertz CT molecular complexity index is 376. The maximum absolute atomic E-state index is 14.0. The van der Waals surface area contributed by atoms with Crippen molar-refractivity contribution in [3.63, 3.8) is 0 Å². The van der Waals surface area contributed by atoms with Crippen molar-refractivity contribution in [2.45, 2.75) is 39.2 Å². The van der Waals surface area contributed by atoms with E-state index >= 15 is 0 Å². The Morgan fingerprint density at radius 2 is 2.12 bits per heavy atom. The summed E-state index contributed by atoms with van der Waals surface area (Å²) in [4.78, 5) is 0. The fraction of sp³-hybridized carbons (Fsp3) is 0.571. The summed E-state index contributed by atoms with van der Waals surface area (Å²) >= 11 is 0. The lowest BCUT2D eigenvalue weighted by molar-refractivity contribution is 0.301. The van der Waals surface area contributed by atoms with Crippen molar-refractivity contribution in [3.05, 3.63) is 29.6 Å². The molecule has 0 aliphatic rings. The SMILES string of the molecule is CCC(C)C(C)(N)Cc1cccc(OC)c1F. The lowest BCUT2D eigenvalue weighted by atomic mass is 9.81. The maximum Gasteiger partial charge on any atom is 0.168 e. The number of benzene rings is 1. The Labute approximate surface area is 103 Å². The monoisotopic (exact) mass is 239 g/mol. The molecule has 0 amide bonds. The zero-order valence-electron chi connectivity index (χ0n) is 11.1. The Morgan fingerprint density at radius 1 is 1.47 bits per heavy atom. The molecule has 0 aliphatic heterocycles. The standard InChI is InChI=1S/C14H22FNO/c1-5-10(2)14(3,16)9-11-7-6-8-12(17-4)13(11)15/h6-8,10H,5,9,16H2,1-4H3. The Kier molecular flexibility index (Phi) is 4.52. The van der Waals surface area contributed by atoms with Crippen molar-refractivity contribution >= 4 is 0 Å². The zero-order valence-corrected chi connectivity index (χ0v) is 11.1. The number of hydrogen-bond donors (Lipinski definition) is 1. The third-order valence-corrected chi connectivity index (χ3v) is 3.57. The molecule has 2 N–H and O–H groups in total. The van der Waals surface area contributed by atoms with Crippen LogP contribution in [0.5, 0.6) is 5.75 Å². The van der Waals surface area contributed by atoms with Gasteiger partial charge in [-0.3, -0.25) is 0 Å². The van der Waals surface area contributed by atoms with Crippen LogP contribution in [0.3, 0.4) is 0 Å². The van der Waals surface area contributed by atoms with Gasteiger partial charge in [0.2, 0.25) is 0 Å².